The van der Waals surface area contributed by atoms with Crippen molar-refractivity contribution in [3.8, 4) is 0 Å². The SMILES string of the molecule is Nc1ccc(C(=O)c2ccncc2F)cc1Cl. The Bertz CT molecular complexity index is 586. The Kier molecular flexibility index (Phi) is 3.06. The number of nitrogen functional groups attached to an aromatic ring is 1. The molecule has 1 aromatic carbocycles. The second-order valence-electron chi connectivity index (χ2n) is 3.42. The third kappa shape index (κ3) is 2.26. The standard InChI is InChI=1S/C12H8ClFN2O/c13-9-5-7(1-2-11(9)15)12(17)8-3-4-16-6-10(8)14/h1-6H,15H2. The molecule has 0 aliphatic heterocycles. The van der Waals surface area contributed by atoms with E-state index in [1.54, 1.807) is 0 Å². The van der Waals surface area contributed by atoms with Gasteiger partial charge in [0.2, 0.25) is 0 Å². The zero-order valence-electron chi connectivity index (χ0n) is 8.65. The largest absolute Gasteiger partial charge is 0.398 e. The molecule has 5 heteroatoms. The third-order valence-corrected chi connectivity index (χ3v) is 2.61. The maximum Gasteiger partial charge on any atom is 0.196 e. The predicted octanol–water partition coefficient (Wildman–Crippen LogP) is 2.69. The topological polar surface area (TPSA) is 56.0 Å². The van der Waals surface area contributed by atoms with Crippen LogP contribution in [-0.2, 0) is 0 Å². The molecule has 17 heavy (non-hydrogen) atoms. The summed E-state index contributed by atoms with van der Waals surface area (Å²) in [6, 6.07) is 5.75. The van der Waals surface area contributed by atoms with Gasteiger partial charge in [-0.05, 0) is 24.3 Å². The van der Waals surface area contributed by atoms with Gasteiger partial charge in [-0.25, -0.2) is 4.39 Å². The van der Waals surface area contributed by atoms with Crippen LogP contribution in [0.3, 0.4) is 0 Å². The Morgan fingerprint density at radius 2 is 2.12 bits per heavy atom. The molecule has 0 spiro atoms. The molecule has 0 aliphatic rings. The molecule has 1 aromatic heterocycles. The van der Waals surface area contributed by atoms with Gasteiger partial charge in [-0.15, -0.1) is 0 Å². The van der Waals surface area contributed by atoms with Crippen molar-refractivity contribution in [3.63, 3.8) is 0 Å². The zero-order valence-corrected chi connectivity index (χ0v) is 9.41. The highest BCUT2D eigenvalue weighted by atomic mass is 35.5. The van der Waals surface area contributed by atoms with E-state index in [2.05, 4.69) is 4.98 Å². The van der Waals surface area contributed by atoms with Crippen LogP contribution in [0.5, 0.6) is 0 Å². The number of carbonyl (C=O) groups excluding carboxylic acids is 1. The summed E-state index contributed by atoms with van der Waals surface area (Å²) in [5.74, 6) is -1.11. The first-order chi connectivity index (χ1) is 8.09. The minimum Gasteiger partial charge on any atom is -0.398 e. The number of rotatable bonds is 2. The first kappa shape index (κ1) is 11.5. The summed E-state index contributed by atoms with van der Waals surface area (Å²) in [6.45, 7) is 0. The first-order valence-electron chi connectivity index (χ1n) is 4.79. The zero-order chi connectivity index (χ0) is 12.4. The van der Waals surface area contributed by atoms with Crippen molar-refractivity contribution in [3.05, 3.63) is 58.6 Å². The number of nitrogens with two attached hydrogens (primary N) is 1. The molecular weight excluding hydrogens is 243 g/mol. The summed E-state index contributed by atoms with van der Waals surface area (Å²) >= 11 is 5.80. The molecule has 86 valence electrons. The molecular formula is C12H8ClFN2O. The van der Waals surface area contributed by atoms with Gasteiger partial charge in [0, 0.05) is 11.8 Å². The van der Waals surface area contributed by atoms with Gasteiger partial charge in [0.05, 0.1) is 22.5 Å². The van der Waals surface area contributed by atoms with Gasteiger partial charge in [-0.3, -0.25) is 9.78 Å². The lowest BCUT2D eigenvalue weighted by molar-refractivity contribution is 0.103. The first-order valence-corrected chi connectivity index (χ1v) is 5.16. The molecule has 0 saturated carbocycles. The van der Waals surface area contributed by atoms with Crippen molar-refractivity contribution in [1.29, 1.82) is 0 Å². The van der Waals surface area contributed by atoms with Crippen molar-refractivity contribution < 1.29 is 9.18 Å². The molecule has 0 atom stereocenters. The van der Waals surface area contributed by atoms with Crippen LogP contribution in [0.1, 0.15) is 15.9 Å². The number of halogens is 2. The van der Waals surface area contributed by atoms with Crippen LogP contribution in [0, 0.1) is 5.82 Å². The average Bonchev–Trinajstić information content (AvgIpc) is 2.32. The van der Waals surface area contributed by atoms with E-state index < -0.39 is 11.6 Å². The molecule has 0 saturated heterocycles. The molecule has 0 unspecified atom stereocenters. The molecule has 1 heterocycles. The summed E-state index contributed by atoms with van der Waals surface area (Å²) in [5.41, 5.74) is 6.15. The molecule has 0 amide bonds. The smallest absolute Gasteiger partial charge is 0.196 e. The van der Waals surface area contributed by atoms with E-state index >= 15 is 0 Å². The number of aromatic nitrogens is 1. The number of ketones is 1. The van der Waals surface area contributed by atoms with Crippen LogP contribution in [0.15, 0.2) is 36.7 Å². The number of nitrogens with zero attached hydrogens (tertiary/aromatic N) is 1. The minimum absolute atomic E-state index is 0.0409. The minimum atomic E-state index is -0.662. The maximum absolute atomic E-state index is 13.4. The summed E-state index contributed by atoms with van der Waals surface area (Å²) in [4.78, 5) is 15.5. The summed E-state index contributed by atoms with van der Waals surface area (Å²) in [6.07, 6.45) is 2.35. The molecule has 2 N–H and O–H groups in total. The monoisotopic (exact) mass is 250 g/mol. The number of hydrogen-bond donors (Lipinski definition) is 1. The lowest BCUT2D eigenvalue weighted by Gasteiger charge is -2.04. The number of benzene rings is 1. The lowest BCUT2D eigenvalue weighted by Crippen LogP contribution is -2.05. The van der Waals surface area contributed by atoms with Crippen molar-refractivity contribution in [2.24, 2.45) is 0 Å². The van der Waals surface area contributed by atoms with Gasteiger partial charge in [0.15, 0.2) is 11.6 Å². The van der Waals surface area contributed by atoms with E-state index in [0.29, 0.717) is 5.69 Å². The summed E-state index contributed by atoms with van der Waals surface area (Å²) < 4.78 is 13.4. The van der Waals surface area contributed by atoms with E-state index in [1.165, 1.54) is 30.5 Å². The Hall–Kier alpha value is -1.94. The average molecular weight is 251 g/mol. The molecule has 3 nitrogen and oxygen atoms in total. The van der Waals surface area contributed by atoms with Crippen LogP contribution < -0.4 is 5.73 Å². The Morgan fingerprint density at radius 1 is 1.35 bits per heavy atom. The lowest BCUT2D eigenvalue weighted by atomic mass is 10.0. The van der Waals surface area contributed by atoms with E-state index in [-0.39, 0.29) is 16.1 Å². The fourth-order valence-electron chi connectivity index (χ4n) is 1.38. The molecule has 0 bridgehead atoms. The number of anilines is 1. The normalized spacial score (nSPS) is 10.2. The number of pyridine rings is 1. The highest BCUT2D eigenvalue weighted by Gasteiger charge is 2.14. The molecule has 2 aromatic rings. The van der Waals surface area contributed by atoms with Crippen LogP contribution in [0.4, 0.5) is 10.1 Å². The number of carbonyl (C=O) groups is 1. The van der Waals surface area contributed by atoms with Crippen LogP contribution >= 0.6 is 11.6 Å². The molecule has 0 fully saturated rings. The second-order valence-corrected chi connectivity index (χ2v) is 3.83. The predicted molar refractivity (Wildman–Crippen MR) is 63.5 cm³/mol. The molecule has 2 rings (SSSR count). The third-order valence-electron chi connectivity index (χ3n) is 2.28. The quantitative estimate of drug-likeness (QED) is 0.659. The van der Waals surface area contributed by atoms with Crippen LogP contribution in [0.2, 0.25) is 5.02 Å². The Morgan fingerprint density at radius 3 is 2.76 bits per heavy atom. The number of hydrogen-bond acceptors (Lipinski definition) is 3. The van der Waals surface area contributed by atoms with E-state index in [0.717, 1.165) is 6.20 Å². The van der Waals surface area contributed by atoms with E-state index in [4.69, 9.17) is 17.3 Å². The highest BCUT2D eigenvalue weighted by Crippen LogP contribution is 2.22. The second kappa shape index (κ2) is 4.51. The fourth-order valence-corrected chi connectivity index (χ4v) is 1.56. The maximum atomic E-state index is 13.4. The van der Waals surface area contributed by atoms with Crippen molar-refractivity contribution in [1.82, 2.24) is 4.98 Å². The van der Waals surface area contributed by atoms with Crippen molar-refractivity contribution in [2.75, 3.05) is 5.73 Å². The van der Waals surface area contributed by atoms with Crippen LogP contribution in [0.25, 0.3) is 0 Å². The van der Waals surface area contributed by atoms with Gasteiger partial charge in [-0.2, -0.15) is 0 Å². The van der Waals surface area contributed by atoms with Gasteiger partial charge >= 0.3 is 0 Å². The van der Waals surface area contributed by atoms with E-state index in [1.807, 2.05) is 0 Å². The van der Waals surface area contributed by atoms with E-state index in [9.17, 15) is 9.18 Å². The van der Waals surface area contributed by atoms with Gasteiger partial charge in [0.25, 0.3) is 0 Å². The van der Waals surface area contributed by atoms with Gasteiger partial charge in [0.1, 0.15) is 0 Å². The summed E-state index contributed by atoms with van der Waals surface area (Å²) in [5, 5.41) is 0.269. The molecule has 0 aliphatic carbocycles. The van der Waals surface area contributed by atoms with Crippen molar-refractivity contribution in [2.45, 2.75) is 0 Å². The highest BCUT2D eigenvalue weighted by molar-refractivity contribution is 6.33. The summed E-state index contributed by atoms with van der Waals surface area (Å²) in [7, 11) is 0. The Labute approximate surface area is 102 Å². The van der Waals surface area contributed by atoms with Crippen LogP contribution in [-0.4, -0.2) is 10.8 Å². The van der Waals surface area contributed by atoms with Crippen molar-refractivity contribution >= 4 is 23.1 Å². The molecule has 0 radical (unpaired) electrons. The fraction of sp³-hybridized carbons (Fsp3) is 0. The Balaban J connectivity index is 2.44. The van der Waals surface area contributed by atoms with Gasteiger partial charge in [-0.1, -0.05) is 11.6 Å². The van der Waals surface area contributed by atoms with Gasteiger partial charge < -0.3 is 5.73 Å².